The molecule has 2 aromatic rings. The van der Waals surface area contributed by atoms with Crippen molar-refractivity contribution in [1.29, 1.82) is 0 Å². The molecule has 0 bridgehead atoms. The number of benzene rings is 2. The maximum atomic E-state index is 6.05. The number of hydrogen-bond donors (Lipinski definition) is 1. The average Bonchev–Trinajstić information content (AvgIpc) is 2.63. The van der Waals surface area contributed by atoms with Crippen LogP contribution in [-0.2, 0) is 6.42 Å². The highest BCUT2D eigenvalue weighted by molar-refractivity contribution is 5.44. The van der Waals surface area contributed by atoms with Gasteiger partial charge in [-0.2, -0.15) is 0 Å². The Balaban J connectivity index is 2.17. The van der Waals surface area contributed by atoms with Gasteiger partial charge < -0.3 is 19.9 Å². The van der Waals surface area contributed by atoms with Gasteiger partial charge in [0.25, 0.3) is 0 Å². The van der Waals surface area contributed by atoms with E-state index in [1.807, 2.05) is 39.0 Å². The smallest absolute Gasteiger partial charge is 0.161 e. The van der Waals surface area contributed by atoms with Crippen molar-refractivity contribution in [3.05, 3.63) is 53.6 Å². The molecule has 0 aromatic heterocycles. The quantitative estimate of drug-likeness (QED) is 0.703. The summed E-state index contributed by atoms with van der Waals surface area (Å²) in [6, 6.07) is 14.3. The second kappa shape index (κ2) is 9.94. The number of nitrogens with two attached hydrogens (primary N) is 1. The van der Waals surface area contributed by atoms with Crippen LogP contribution >= 0.6 is 0 Å². The van der Waals surface area contributed by atoms with Crippen LogP contribution < -0.4 is 19.9 Å². The first-order valence-corrected chi connectivity index (χ1v) is 9.03. The molecule has 0 saturated heterocycles. The van der Waals surface area contributed by atoms with E-state index in [1.165, 1.54) is 11.1 Å². The zero-order chi connectivity index (χ0) is 18.1. The van der Waals surface area contributed by atoms with Gasteiger partial charge >= 0.3 is 0 Å². The lowest BCUT2D eigenvalue weighted by Gasteiger charge is -2.18. The van der Waals surface area contributed by atoms with Gasteiger partial charge in [-0.25, -0.2) is 0 Å². The van der Waals surface area contributed by atoms with Crippen LogP contribution in [0.3, 0.4) is 0 Å². The molecule has 0 heterocycles. The third-order valence-electron chi connectivity index (χ3n) is 4.04. The topological polar surface area (TPSA) is 53.7 Å². The summed E-state index contributed by atoms with van der Waals surface area (Å²) in [5.74, 6) is 2.69. The van der Waals surface area contributed by atoms with E-state index in [9.17, 15) is 0 Å². The number of ether oxygens (including phenoxy) is 3. The van der Waals surface area contributed by atoms with E-state index in [2.05, 4.69) is 24.3 Å². The molecule has 0 aliphatic heterocycles. The number of hydrogen-bond acceptors (Lipinski definition) is 4. The van der Waals surface area contributed by atoms with Crippen molar-refractivity contribution in [3.8, 4) is 17.2 Å². The predicted octanol–water partition coefficient (Wildman–Crippen LogP) is 4.17. The first-order valence-electron chi connectivity index (χ1n) is 9.03. The van der Waals surface area contributed by atoms with Crippen molar-refractivity contribution in [3.63, 3.8) is 0 Å². The van der Waals surface area contributed by atoms with Crippen LogP contribution in [0.25, 0.3) is 0 Å². The van der Waals surface area contributed by atoms with Gasteiger partial charge in [-0.05, 0) is 69.1 Å². The highest BCUT2D eigenvalue weighted by atomic mass is 16.5. The molecule has 25 heavy (non-hydrogen) atoms. The van der Waals surface area contributed by atoms with Gasteiger partial charge in [0.05, 0.1) is 19.8 Å². The molecule has 0 aliphatic carbocycles. The Hall–Kier alpha value is -2.20. The van der Waals surface area contributed by atoms with Gasteiger partial charge in [-0.15, -0.1) is 0 Å². The van der Waals surface area contributed by atoms with E-state index in [4.69, 9.17) is 19.9 Å². The van der Waals surface area contributed by atoms with Gasteiger partial charge in [0.1, 0.15) is 5.75 Å². The van der Waals surface area contributed by atoms with Crippen molar-refractivity contribution in [2.24, 2.45) is 5.73 Å². The standard InChI is InChI=1S/C21H29NO3/c1-4-23-19-10-7-16(8-11-19)13-18(15-22)17-9-12-20(24-5-2)21(14-17)25-6-3/h7-12,14,18H,4-6,13,15,22H2,1-3H3. The molecule has 0 aliphatic rings. The minimum atomic E-state index is 0.229. The van der Waals surface area contributed by atoms with Crippen molar-refractivity contribution in [2.75, 3.05) is 26.4 Å². The molecular formula is C21H29NO3. The normalized spacial score (nSPS) is 11.8. The van der Waals surface area contributed by atoms with E-state index >= 15 is 0 Å². The van der Waals surface area contributed by atoms with Gasteiger partial charge in [-0.1, -0.05) is 18.2 Å². The zero-order valence-electron chi connectivity index (χ0n) is 15.5. The van der Waals surface area contributed by atoms with E-state index in [0.717, 1.165) is 23.7 Å². The largest absolute Gasteiger partial charge is 0.494 e. The lowest BCUT2D eigenvalue weighted by atomic mass is 9.92. The lowest BCUT2D eigenvalue weighted by molar-refractivity contribution is 0.287. The Labute approximate surface area is 150 Å². The summed E-state index contributed by atoms with van der Waals surface area (Å²) in [6.45, 7) is 8.41. The fourth-order valence-electron chi connectivity index (χ4n) is 2.83. The molecule has 2 rings (SSSR count). The van der Waals surface area contributed by atoms with Crippen LogP contribution in [0.5, 0.6) is 17.2 Å². The summed E-state index contributed by atoms with van der Waals surface area (Å²) >= 11 is 0. The summed E-state index contributed by atoms with van der Waals surface area (Å²) < 4.78 is 16.9. The molecule has 4 heteroatoms. The molecule has 0 spiro atoms. The Morgan fingerprint density at radius 3 is 2.04 bits per heavy atom. The van der Waals surface area contributed by atoms with Crippen molar-refractivity contribution < 1.29 is 14.2 Å². The molecule has 136 valence electrons. The van der Waals surface area contributed by atoms with Crippen molar-refractivity contribution >= 4 is 0 Å². The Morgan fingerprint density at radius 1 is 0.800 bits per heavy atom. The minimum Gasteiger partial charge on any atom is -0.494 e. The van der Waals surface area contributed by atoms with E-state index in [0.29, 0.717) is 26.4 Å². The molecular weight excluding hydrogens is 314 g/mol. The molecule has 1 atom stereocenters. The predicted molar refractivity (Wildman–Crippen MR) is 102 cm³/mol. The van der Waals surface area contributed by atoms with Crippen molar-refractivity contribution in [2.45, 2.75) is 33.1 Å². The second-order valence-corrected chi connectivity index (χ2v) is 5.79. The third-order valence-corrected chi connectivity index (χ3v) is 4.04. The maximum Gasteiger partial charge on any atom is 0.161 e. The molecule has 0 fully saturated rings. The second-order valence-electron chi connectivity index (χ2n) is 5.79. The van der Waals surface area contributed by atoms with Gasteiger partial charge in [0, 0.05) is 5.92 Å². The van der Waals surface area contributed by atoms with Gasteiger partial charge in [0.15, 0.2) is 11.5 Å². The fraction of sp³-hybridized carbons (Fsp3) is 0.429. The Morgan fingerprint density at radius 2 is 1.44 bits per heavy atom. The van der Waals surface area contributed by atoms with Crippen LogP contribution in [0.15, 0.2) is 42.5 Å². The average molecular weight is 343 g/mol. The lowest BCUT2D eigenvalue weighted by Crippen LogP contribution is -2.15. The van der Waals surface area contributed by atoms with Gasteiger partial charge in [-0.3, -0.25) is 0 Å². The van der Waals surface area contributed by atoms with E-state index in [1.54, 1.807) is 0 Å². The zero-order valence-corrected chi connectivity index (χ0v) is 15.5. The van der Waals surface area contributed by atoms with Crippen LogP contribution in [-0.4, -0.2) is 26.4 Å². The SMILES string of the molecule is CCOc1ccc(CC(CN)c2ccc(OCC)c(OCC)c2)cc1. The third kappa shape index (κ3) is 5.40. The molecule has 0 radical (unpaired) electrons. The summed E-state index contributed by atoms with van der Waals surface area (Å²) in [5.41, 5.74) is 8.47. The van der Waals surface area contributed by atoms with Gasteiger partial charge in [0.2, 0.25) is 0 Å². The summed E-state index contributed by atoms with van der Waals surface area (Å²) in [6.07, 6.45) is 0.877. The monoisotopic (exact) mass is 343 g/mol. The van der Waals surface area contributed by atoms with Crippen LogP contribution in [0.2, 0.25) is 0 Å². The minimum absolute atomic E-state index is 0.229. The molecule has 0 saturated carbocycles. The summed E-state index contributed by atoms with van der Waals surface area (Å²) in [5, 5.41) is 0. The molecule has 1 unspecified atom stereocenters. The highest BCUT2D eigenvalue weighted by Gasteiger charge is 2.14. The molecule has 2 N–H and O–H groups in total. The van der Waals surface area contributed by atoms with E-state index in [-0.39, 0.29) is 5.92 Å². The summed E-state index contributed by atoms with van der Waals surface area (Å²) in [4.78, 5) is 0. The Kier molecular flexibility index (Phi) is 7.61. The van der Waals surface area contributed by atoms with Crippen molar-refractivity contribution in [1.82, 2.24) is 0 Å². The number of rotatable bonds is 10. The fourth-order valence-corrected chi connectivity index (χ4v) is 2.83. The highest BCUT2D eigenvalue weighted by Crippen LogP contribution is 2.32. The molecule has 0 amide bonds. The first-order chi connectivity index (χ1) is 12.2. The van der Waals surface area contributed by atoms with Crippen LogP contribution in [0, 0.1) is 0 Å². The van der Waals surface area contributed by atoms with E-state index < -0.39 is 0 Å². The first kappa shape index (κ1) is 19.1. The maximum absolute atomic E-state index is 6.05. The molecule has 2 aromatic carbocycles. The summed E-state index contributed by atoms with van der Waals surface area (Å²) in [7, 11) is 0. The molecule has 4 nitrogen and oxygen atoms in total. The van der Waals surface area contributed by atoms with Crippen LogP contribution in [0.4, 0.5) is 0 Å². The Bertz CT molecular complexity index is 640. The van der Waals surface area contributed by atoms with Crippen LogP contribution in [0.1, 0.15) is 37.8 Å².